The van der Waals surface area contributed by atoms with Crippen LogP contribution >= 0.6 is 11.3 Å². The van der Waals surface area contributed by atoms with E-state index in [0.717, 1.165) is 11.4 Å². The Kier molecular flexibility index (Phi) is 3.05. The second kappa shape index (κ2) is 4.49. The number of nitrogens with zero attached hydrogens (tertiary/aromatic N) is 2. The van der Waals surface area contributed by atoms with E-state index in [1.165, 1.54) is 11.3 Å². The summed E-state index contributed by atoms with van der Waals surface area (Å²) in [6, 6.07) is 5.55. The third kappa shape index (κ3) is 2.30. The molecule has 0 spiro atoms. The first-order chi connectivity index (χ1) is 7.69. The largest absolute Gasteiger partial charge is 0.304 e. The van der Waals surface area contributed by atoms with E-state index in [-0.39, 0.29) is 5.91 Å². The van der Waals surface area contributed by atoms with E-state index in [1.54, 1.807) is 10.7 Å². The fourth-order valence-electron chi connectivity index (χ4n) is 1.34. The first-order valence-electron chi connectivity index (χ1n) is 5.10. The molecule has 4 nitrogen and oxygen atoms in total. The van der Waals surface area contributed by atoms with Crippen LogP contribution in [-0.2, 0) is 6.54 Å². The lowest BCUT2D eigenvalue weighted by Gasteiger charge is -1.98. The molecule has 2 aromatic rings. The van der Waals surface area contributed by atoms with Crippen LogP contribution in [0.25, 0.3) is 0 Å². The van der Waals surface area contributed by atoms with Gasteiger partial charge in [-0.15, -0.1) is 11.3 Å². The molecule has 0 atom stereocenters. The highest BCUT2D eigenvalue weighted by atomic mass is 32.1. The smallest absolute Gasteiger partial charge is 0.266 e. The number of nitrogens with one attached hydrogen (secondary N) is 1. The van der Waals surface area contributed by atoms with Gasteiger partial charge in [0.15, 0.2) is 5.82 Å². The first-order valence-corrected chi connectivity index (χ1v) is 5.92. The van der Waals surface area contributed by atoms with Gasteiger partial charge in [-0.25, -0.2) is 0 Å². The average molecular weight is 235 g/mol. The van der Waals surface area contributed by atoms with Crippen LogP contribution in [0.15, 0.2) is 24.4 Å². The fourth-order valence-corrected chi connectivity index (χ4v) is 2.10. The number of hydrogen-bond acceptors (Lipinski definition) is 3. The van der Waals surface area contributed by atoms with Crippen LogP contribution in [0.4, 0.5) is 5.82 Å². The Balaban J connectivity index is 2.07. The number of anilines is 1. The number of aryl methyl sites for hydroxylation is 2. The minimum absolute atomic E-state index is 0.0977. The van der Waals surface area contributed by atoms with Crippen molar-refractivity contribution in [3.63, 3.8) is 0 Å². The summed E-state index contributed by atoms with van der Waals surface area (Å²) in [4.78, 5) is 13.6. The molecule has 0 aromatic carbocycles. The van der Waals surface area contributed by atoms with E-state index in [2.05, 4.69) is 10.4 Å². The predicted molar refractivity (Wildman–Crippen MR) is 64.9 cm³/mol. The van der Waals surface area contributed by atoms with Crippen molar-refractivity contribution in [3.8, 4) is 0 Å². The van der Waals surface area contributed by atoms with Gasteiger partial charge in [0.05, 0.1) is 4.88 Å². The van der Waals surface area contributed by atoms with E-state index in [0.29, 0.717) is 10.7 Å². The molecule has 0 saturated heterocycles. The number of carbonyl (C=O) groups is 1. The summed E-state index contributed by atoms with van der Waals surface area (Å²) in [7, 11) is 0. The number of thiophene rings is 1. The van der Waals surface area contributed by atoms with E-state index in [9.17, 15) is 4.79 Å². The summed E-state index contributed by atoms with van der Waals surface area (Å²) in [6.07, 6.45) is 1.84. The van der Waals surface area contributed by atoms with Gasteiger partial charge in [0.25, 0.3) is 5.91 Å². The van der Waals surface area contributed by atoms with Crippen LogP contribution in [0.3, 0.4) is 0 Å². The monoisotopic (exact) mass is 235 g/mol. The molecular formula is C11H13N3OS. The van der Waals surface area contributed by atoms with Crippen molar-refractivity contribution in [2.75, 3.05) is 5.32 Å². The first kappa shape index (κ1) is 10.9. The van der Waals surface area contributed by atoms with Gasteiger partial charge in [-0.1, -0.05) is 0 Å². The van der Waals surface area contributed by atoms with Crippen molar-refractivity contribution in [1.29, 1.82) is 0 Å². The fraction of sp³-hybridized carbons (Fsp3) is 0.273. The third-order valence-electron chi connectivity index (χ3n) is 2.17. The van der Waals surface area contributed by atoms with E-state index in [4.69, 9.17) is 0 Å². The lowest BCUT2D eigenvalue weighted by atomic mass is 10.4. The minimum atomic E-state index is -0.0977. The maximum Gasteiger partial charge on any atom is 0.266 e. The second-order valence-corrected chi connectivity index (χ2v) is 4.71. The zero-order valence-corrected chi connectivity index (χ0v) is 10.0. The van der Waals surface area contributed by atoms with Crippen molar-refractivity contribution >= 4 is 23.1 Å². The zero-order valence-electron chi connectivity index (χ0n) is 9.23. The Morgan fingerprint density at radius 1 is 1.50 bits per heavy atom. The van der Waals surface area contributed by atoms with E-state index >= 15 is 0 Å². The van der Waals surface area contributed by atoms with Crippen molar-refractivity contribution < 1.29 is 4.79 Å². The van der Waals surface area contributed by atoms with Crippen molar-refractivity contribution in [3.05, 3.63) is 34.2 Å². The van der Waals surface area contributed by atoms with E-state index < -0.39 is 0 Å². The summed E-state index contributed by atoms with van der Waals surface area (Å²) in [5.41, 5.74) is 0. The highest BCUT2D eigenvalue weighted by Gasteiger charge is 2.09. The Labute approximate surface area is 97.9 Å². The van der Waals surface area contributed by atoms with E-state index in [1.807, 2.05) is 32.2 Å². The summed E-state index contributed by atoms with van der Waals surface area (Å²) in [5.74, 6) is 0.498. The molecule has 84 valence electrons. The second-order valence-electron chi connectivity index (χ2n) is 3.42. The van der Waals surface area contributed by atoms with Crippen molar-refractivity contribution in [1.82, 2.24) is 9.78 Å². The van der Waals surface area contributed by atoms with Crippen LogP contribution in [0, 0.1) is 6.92 Å². The quantitative estimate of drug-likeness (QED) is 0.888. The van der Waals surface area contributed by atoms with Gasteiger partial charge in [-0.05, 0) is 26.0 Å². The third-order valence-corrected chi connectivity index (χ3v) is 3.17. The van der Waals surface area contributed by atoms with Gasteiger partial charge in [0, 0.05) is 23.7 Å². The van der Waals surface area contributed by atoms with Crippen molar-refractivity contribution in [2.45, 2.75) is 20.4 Å². The molecule has 0 aliphatic carbocycles. The summed E-state index contributed by atoms with van der Waals surface area (Å²) < 4.78 is 1.77. The molecule has 0 saturated carbocycles. The molecular weight excluding hydrogens is 222 g/mol. The normalized spacial score (nSPS) is 10.4. The molecule has 2 aromatic heterocycles. The molecule has 1 amide bonds. The summed E-state index contributed by atoms with van der Waals surface area (Å²) in [6.45, 7) is 4.78. The molecule has 0 fully saturated rings. The average Bonchev–Trinajstić information content (AvgIpc) is 2.87. The van der Waals surface area contributed by atoms with Crippen LogP contribution in [-0.4, -0.2) is 15.7 Å². The maximum absolute atomic E-state index is 11.8. The topological polar surface area (TPSA) is 46.9 Å². The lowest BCUT2D eigenvalue weighted by molar-refractivity contribution is 0.103. The number of carbonyl (C=O) groups excluding carboxylic acids is 1. The van der Waals surface area contributed by atoms with Crippen LogP contribution in [0.1, 0.15) is 21.5 Å². The van der Waals surface area contributed by atoms with Gasteiger partial charge in [0.2, 0.25) is 0 Å². The summed E-state index contributed by atoms with van der Waals surface area (Å²) in [5, 5.41) is 6.96. The molecule has 0 aliphatic rings. The molecule has 1 N–H and O–H groups in total. The number of aromatic nitrogens is 2. The highest BCUT2D eigenvalue weighted by Crippen LogP contribution is 2.16. The standard InChI is InChI=1S/C11H13N3OS/c1-3-14-7-6-10(13-14)12-11(15)9-5-4-8(2)16-9/h4-7H,3H2,1-2H3,(H,12,13,15). The van der Waals surface area contributed by atoms with Crippen LogP contribution < -0.4 is 5.32 Å². The minimum Gasteiger partial charge on any atom is -0.304 e. The molecule has 0 bridgehead atoms. The Bertz CT molecular complexity index is 501. The SMILES string of the molecule is CCn1ccc(NC(=O)c2ccc(C)s2)n1. The predicted octanol–water partition coefficient (Wildman–Crippen LogP) is 2.53. The Morgan fingerprint density at radius 2 is 2.31 bits per heavy atom. The Morgan fingerprint density at radius 3 is 2.88 bits per heavy atom. The lowest BCUT2D eigenvalue weighted by Crippen LogP contribution is -2.11. The molecule has 2 rings (SSSR count). The van der Waals surface area contributed by atoms with Gasteiger partial charge >= 0.3 is 0 Å². The zero-order chi connectivity index (χ0) is 11.5. The molecule has 16 heavy (non-hydrogen) atoms. The van der Waals surface area contributed by atoms with Crippen LogP contribution in [0.2, 0.25) is 0 Å². The number of hydrogen-bond donors (Lipinski definition) is 1. The van der Waals surface area contributed by atoms with Crippen molar-refractivity contribution in [2.24, 2.45) is 0 Å². The molecule has 0 radical (unpaired) electrons. The Hall–Kier alpha value is -1.62. The maximum atomic E-state index is 11.8. The van der Waals surface area contributed by atoms with Gasteiger partial charge in [-0.3, -0.25) is 9.48 Å². The number of amides is 1. The molecule has 2 heterocycles. The van der Waals surface area contributed by atoms with Crippen LogP contribution in [0.5, 0.6) is 0 Å². The molecule has 5 heteroatoms. The highest BCUT2D eigenvalue weighted by molar-refractivity contribution is 7.14. The number of rotatable bonds is 3. The summed E-state index contributed by atoms with van der Waals surface area (Å²) >= 11 is 1.48. The van der Waals surface area contributed by atoms with Gasteiger partial charge < -0.3 is 5.32 Å². The molecule has 0 aliphatic heterocycles. The van der Waals surface area contributed by atoms with Gasteiger partial charge in [0.1, 0.15) is 0 Å². The molecule has 0 unspecified atom stereocenters. The van der Waals surface area contributed by atoms with Gasteiger partial charge in [-0.2, -0.15) is 5.10 Å².